The summed E-state index contributed by atoms with van der Waals surface area (Å²) in [5.74, 6) is 0. The minimum absolute atomic E-state index is 0.355. The Morgan fingerprint density at radius 1 is 1.00 bits per heavy atom. The Balaban J connectivity index is -0.000000115. The van der Waals surface area contributed by atoms with Crippen LogP contribution in [0.2, 0.25) is 0 Å². The molecule has 0 aromatic carbocycles. The number of hydrogen-bond donors (Lipinski definition) is 1. The lowest BCUT2D eigenvalue weighted by atomic mass is 10.3. The third kappa shape index (κ3) is 92.6. The van der Waals surface area contributed by atoms with E-state index in [0.717, 1.165) is 12.8 Å². The van der Waals surface area contributed by atoms with E-state index in [0.29, 0.717) is 6.61 Å². The predicted molar refractivity (Wildman–Crippen MR) is 55.5 cm³/mol. The topological polar surface area (TPSA) is 29.5 Å². The molecule has 0 bridgehead atoms. The molecule has 0 rings (SSSR count). The number of methoxy groups -OCH3 is 1. The van der Waals surface area contributed by atoms with Crippen molar-refractivity contribution in [3.8, 4) is 0 Å². The Morgan fingerprint density at radius 2 is 1.33 bits per heavy atom. The zero-order valence-corrected chi connectivity index (χ0v) is 9.39. The SMILES string of the molecule is CCC.CCCCCO.COC. The molecule has 0 unspecified atom stereocenters. The minimum atomic E-state index is 0.355. The average molecular weight is 178 g/mol. The highest BCUT2D eigenvalue weighted by molar-refractivity contribution is 4.30. The average Bonchev–Trinajstić information content (AvgIpc) is 2.04. The molecule has 0 aliphatic heterocycles. The van der Waals surface area contributed by atoms with Crippen molar-refractivity contribution in [2.24, 2.45) is 0 Å². The van der Waals surface area contributed by atoms with Crippen LogP contribution in [0.5, 0.6) is 0 Å². The van der Waals surface area contributed by atoms with E-state index in [1.54, 1.807) is 14.2 Å². The standard InChI is InChI=1S/C5H12O.C3H8.C2H6O/c1-2-3-4-5-6;2*1-3-2/h6H,2-5H2,1H3;3H2,1-2H3;1-2H3. The Bertz CT molecular complexity index is 32.8. The first-order valence-electron chi connectivity index (χ1n) is 4.75. The molecule has 0 aliphatic carbocycles. The highest BCUT2D eigenvalue weighted by atomic mass is 16.4. The van der Waals surface area contributed by atoms with Crippen LogP contribution in [-0.4, -0.2) is 25.9 Å². The number of rotatable bonds is 3. The van der Waals surface area contributed by atoms with Crippen molar-refractivity contribution in [3.05, 3.63) is 0 Å². The number of hydrogen-bond acceptors (Lipinski definition) is 2. The van der Waals surface area contributed by atoms with Gasteiger partial charge in [0.15, 0.2) is 0 Å². The third-order valence-electron chi connectivity index (χ3n) is 0.762. The highest BCUT2D eigenvalue weighted by Crippen LogP contribution is 1.89. The van der Waals surface area contributed by atoms with Gasteiger partial charge in [0.25, 0.3) is 0 Å². The summed E-state index contributed by atoms with van der Waals surface area (Å²) in [5.41, 5.74) is 0. The molecule has 0 saturated carbocycles. The smallest absolute Gasteiger partial charge is 0.0431 e. The van der Waals surface area contributed by atoms with Gasteiger partial charge in [-0.2, -0.15) is 0 Å². The monoisotopic (exact) mass is 178 g/mol. The van der Waals surface area contributed by atoms with Gasteiger partial charge in [0.05, 0.1) is 0 Å². The Morgan fingerprint density at radius 3 is 1.42 bits per heavy atom. The fraction of sp³-hybridized carbons (Fsp3) is 1.00. The summed E-state index contributed by atoms with van der Waals surface area (Å²) in [6, 6.07) is 0. The van der Waals surface area contributed by atoms with Crippen LogP contribution in [0.15, 0.2) is 0 Å². The molecule has 2 heteroatoms. The van der Waals surface area contributed by atoms with E-state index in [1.807, 2.05) is 0 Å². The predicted octanol–water partition coefficient (Wildman–Crippen LogP) is 2.85. The van der Waals surface area contributed by atoms with Gasteiger partial charge in [-0.3, -0.25) is 0 Å². The molecule has 2 nitrogen and oxygen atoms in total. The van der Waals surface area contributed by atoms with E-state index in [2.05, 4.69) is 25.5 Å². The van der Waals surface area contributed by atoms with Gasteiger partial charge in [-0.1, -0.05) is 40.0 Å². The summed E-state index contributed by atoms with van der Waals surface area (Å²) in [6.07, 6.45) is 4.58. The van der Waals surface area contributed by atoms with E-state index >= 15 is 0 Å². The third-order valence-corrected chi connectivity index (χ3v) is 0.762. The van der Waals surface area contributed by atoms with Gasteiger partial charge in [-0.15, -0.1) is 0 Å². The molecule has 1 N–H and O–H groups in total. The maximum Gasteiger partial charge on any atom is 0.0431 e. The molecule has 0 heterocycles. The van der Waals surface area contributed by atoms with Crippen LogP contribution in [0.1, 0.15) is 46.5 Å². The normalized spacial score (nSPS) is 7.50. The maximum absolute atomic E-state index is 8.20. The molecule has 0 amide bonds. The number of unbranched alkanes of at least 4 members (excludes halogenated alkanes) is 2. The minimum Gasteiger partial charge on any atom is -0.396 e. The fourth-order valence-corrected chi connectivity index (χ4v) is 0.362. The second kappa shape index (κ2) is 30.7. The molecule has 0 radical (unpaired) electrons. The van der Waals surface area contributed by atoms with E-state index < -0.39 is 0 Å². The summed E-state index contributed by atoms with van der Waals surface area (Å²) >= 11 is 0. The lowest BCUT2D eigenvalue weighted by Crippen LogP contribution is -1.78. The van der Waals surface area contributed by atoms with E-state index in [-0.39, 0.29) is 0 Å². The van der Waals surface area contributed by atoms with Crippen LogP contribution in [0.4, 0.5) is 0 Å². The van der Waals surface area contributed by atoms with Crippen molar-refractivity contribution >= 4 is 0 Å². The molecule has 0 aromatic heterocycles. The van der Waals surface area contributed by atoms with Crippen molar-refractivity contribution in [1.29, 1.82) is 0 Å². The first kappa shape index (κ1) is 17.9. The molecule has 0 fully saturated rings. The zero-order valence-electron chi connectivity index (χ0n) is 9.39. The number of aliphatic hydroxyl groups is 1. The lowest BCUT2D eigenvalue weighted by Gasteiger charge is -1.85. The van der Waals surface area contributed by atoms with Crippen molar-refractivity contribution in [1.82, 2.24) is 0 Å². The van der Waals surface area contributed by atoms with E-state index in [1.165, 1.54) is 12.8 Å². The van der Waals surface area contributed by atoms with Crippen molar-refractivity contribution in [3.63, 3.8) is 0 Å². The lowest BCUT2D eigenvalue weighted by molar-refractivity contribution is 0.277. The summed E-state index contributed by atoms with van der Waals surface area (Å²) in [5, 5.41) is 8.20. The van der Waals surface area contributed by atoms with Crippen LogP contribution < -0.4 is 0 Å². The molecular formula is C10H26O2. The Hall–Kier alpha value is -0.0800. The largest absolute Gasteiger partial charge is 0.396 e. The molecule has 12 heavy (non-hydrogen) atoms. The molecule has 0 aliphatic rings. The Labute approximate surface area is 77.9 Å². The van der Waals surface area contributed by atoms with E-state index in [9.17, 15) is 0 Å². The summed E-state index contributed by atoms with van der Waals surface area (Å²) in [6.45, 7) is 6.73. The molecular weight excluding hydrogens is 152 g/mol. The first-order valence-corrected chi connectivity index (χ1v) is 4.75. The Kier molecular flexibility index (Phi) is 45.6. The van der Waals surface area contributed by atoms with Crippen LogP contribution in [0.25, 0.3) is 0 Å². The molecule has 0 spiro atoms. The van der Waals surface area contributed by atoms with E-state index in [4.69, 9.17) is 5.11 Å². The van der Waals surface area contributed by atoms with Crippen LogP contribution in [-0.2, 0) is 4.74 Å². The van der Waals surface area contributed by atoms with Gasteiger partial charge in [0.2, 0.25) is 0 Å². The van der Waals surface area contributed by atoms with Gasteiger partial charge >= 0.3 is 0 Å². The summed E-state index contributed by atoms with van der Waals surface area (Å²) < 4.78 is 4.25. The summed E-state index contributed by atoms with van der Waals surface area (Å²) in [4.78, 5) is 0. The molecule has 0 saturated heterocycles. The number of aliphatic hydroxyl groups excluding tert-OH is 1. The van der Waals surface area contributed by atoms with Crippen molar-refractivity contribution < 1.29 is 9.84 Å². The second-order valence-electron chi connectivity index (χ2n) is 2.55. The summed E-state index contributed by atoms with van der Waals surface area (Å²) in [7, 11) is 3.25. The maximum atomic E-state index is 8.20. The quantitative estimate of drug-likeness (QED) is 0.673. The van der Waals surface area contributed by atoms with Crippen molar-refractivity contribution in [2.45, 2.75) is 46.5 Å². The van der Waals surface area contributed by atoms with Crippen LogP contribution in [0, 0.1) is 0 Å². The first-order chi connectivity index (χ1) is 5.74. The zero-order chi connectivity index (χ0) is 10.2. The second-order valence-corrected chi connectivity index (χ2v) is 2.55. The fourth-order valence-electron chi connectivity index (χ4n) is 0.362. The van der Waals surface area contributed by atoms with Crippen LogP contribution in [0.3, 0.4) is 0 Å². The molecule has 78 valence electrons. The van der Waals surface area contributed by atoms with Gasteiger partial charge in [-0.05, 0) is 6.42 Å². The van der Waals surface area contributed by atoms with Gasteiger partial charge in [0, 0.05) is 20.8 Å². The molecule has 0 atom stereocenters. The van der Waals surface area contributed by atoms with Gasteiger partial charge in [-0.25, -0.2) is 0 Å². The van der Waals surface area contributed by atoms with Gasteiger partial charge in [0.1, 0.15) is 0 Å². The van der Waals surface area contributed by atoms with Crippen LogP contribution >= 0.6 is 0 Å². The number of ether oxygens (including phenoxy) is 1. The van der Waals surface area contributed by atoms with Crippen molar-refractivity contribution in [2.75, 3.05) is 20.8 Å². The highest BCUT2D eigenvalue weighted by Gasteiger charge is 1.76. The van der Waals surface area contributed by atoms with Gasteiger partial charge < -0.3 is 9.84 Å². The molecule has 0 aromatic rings.